The smallest absolute Gasteiger partial charge is 0.318 e. The van der Waals surface area contributed by atoms with Crippen LogP contribution in [-0.2, 0) is 4.79 Å². The first kappa shape index (κ1) is 17.0. The average Bonchev–Trinajstić information content (AvgIpc) is 3.13. The van der Waals surface area contributed by atoms with Crippen molar-refractivity contribution in [2.24, 2.45) is 0 Å². The number of nitrogens with zero attached hydrogens (tertiary/aromatic N) is 2. The van der Waals surface area contributed by atoms with Crippen LogP contribution in [0.1, 0.15) is 31.4 Å². The Morgan fingerprint density at radius 3 is 2.72 bits per heavy atom. The number of urea groups is 1. The van der Waals surface area contributed by atoms with E-state index in [0.717, 1.165) is 12.0 Å². The van der Waals surface area contributed by atoms with E-state index in [4.69, 9.17) is 0 Å². The molecule has 130 valence electrons. The minimum absolute atomic E-state index is 0.115. The van der Waals surface area contributed by atoms with E-state index in [1.54, 1.807) is 29.4 Å². The second-order valence-corrected chi connectivity index (χ2v) is 6.16. The number of carbonyl (C=O) groups excluding carboxylic acids is 2. The Morgan fingerprint density at radius 1 is 1.20 bits per heavy atom. The van der Waals surface area contributed by atoms with Crippen molar-refractivity contribution in [3.05, 3.63) is 60.4 Å². The summed E-state index contributed by atoms with van der Waals surface area (Å²) in [5.74, 6) is -0.173. The van der Waals surface area contributed by atoms with Crippen LogP contribution >= 0.6 is 0 Å². The molecule has 0 spiro atoms. The average molecular weight is 338 g/mol. The van der Waals surface area contributed by atoms with E-state index < -0.39 is 6.04 Å². The normalized spacial score (nSPS) is 17.8. The summed E-state index contributed by atoms with van der Waals surface area (Å²) < 4.78 is 0. The maximum Gasteiger partial charge on any atom is 0.318 e. The molecule has 2 atom stereocenters. The number of rotatable bonds is 4. The van der Waals surface area contributed by atoms with Gasteiger partial charge in [0.15, 0.2) is 0 Å². The number of benzene rings is 1. The summed E-state index contributed by atoms with van der Waals surface area (Å²) in [5, 5.41) is 5.81. The molecule has 25 heavy (non-hydrogen) atoms. The van der Waals surface area contributed by atoms with E-state index in [9.17, 15) is 9.59 Å². The van der Waals surface area contributed by atoms with Crippen LogP contribution < -0.4 is 10.6 Å². The summed E-state index contributed by atoms with van der Waals surface area (Å²) in [7, 11) is 0. The summed E-state index contributed by atoms with van der Waals surface area (Å²) >= 11 is 0. The lowest BCUT2D eigenvalue weighted by molar-refractivity contribution is -0.119. The highest BCUT2D eigenvalue weighted by atomic mass is 16.2. The zero-order valence-electron chi connectivity index (χ0n) is 14.2. The summed E-state index contributed by atoms with van der Waals surface area (Å²) in [6, 6.07) is 12.5. The van der Waals surface area contributed by atoms with Crippen LogP contribution in [0.15, 0.2) is 54.9 Å². The summed E-state index contributed by atoms with van der Waals surface area (Å²) in [6.07, 6.45) is 4.72. The topological polar surface area (TPSA) is 74.3 Å². The summed E-state index contributed by atoms with van der Waals surface area (Å²) in [6.45, 7) is 2.52. The van der Waals surface area contributed by atoms with E-state index in [1.165, 1.54) is 0 Å². The highest BCUT2D eigenvalue weighted by molar-refractivity contribution is 5.97. The molecule has 0 bridgehead atoms. The zero-order valence-corrected chi connectivity index (χ0v) is 14.2. The first-order chi connectivity index (χ1) is 12.1. The fourth-order valence-corrected chi connectivity index (χ4v) is 3.04. The molecule has 0 aliphatic carbocycles. The number of likely N-dealkylation sites (tertiary alicyclic amines) is 1. The van der Waals surface area contributed by atoms with Crippen LogP contribution in [-0.4, -0.2) is 34.4 Å². The minimum atomic E-state index is -0.455. The van der Waals surface area contributed by atoms with Crippen molar-refractivity contribution < 1.29 is 9.59 Å². The van der Waals surface area contributed by atoms with Gasteiger partial charge in [-0.2, -0.15) is 0 Å². The van der Waals surface area contributed by atoms with Crippen LogP contribution in [0.3, 0.4) is 0 Å². The molecule has 1 aliphatic heterocycles. The van der Waals surface area contributed by atoms with Crippen molar-refractivity contribution in [3.8, 4) is 0 Å². The van der Waals surface area contributed by atoms with Crippen LogP contribution in [0.2, 0.25) is 0 Å². The standard InChI is InChI=1S/C19H22N4O2/c1-14(15-7-3-2-4-8-15)21-19(25)23-12-6-10-17(23)18(24)22-16-9-5-11-20-13-16/h2-5,7-9,11,13-14,17H,6,10,12H2,1H3,(H,21,25)(H,22,24)/t14-,17-/m1/s1. The zero-order chi connectivity index (χ0) is 17.6. The van der Waals surface area contributed by atoms with Gasteiger partial charge in [0, 0.05) is 12.7 Å². The third kappa shape index (κ3) is 4.15. The Labute approximate surface area is 147 Å². The number of carbonyl (C=O) groups is 2. The lowest BCUT2D eigenvalue weighted by Gasteiger charge is -2.26. The second-order valence-electron chi connectivity index (χ2n) is 6.16. The van der Waals surface area contributed by atoms with E-state index in [-0.39, 0.29) is 18.0 Å². The fourth-order valence-electron chi connectivity index (χ4n) is 3.04. The third-order valence-corrected chi connectivity index (χ3v) is 4.38. The molecule has 0 saturated carbocycles. The molecule has 6 nitrogen and oxygen atoms in total. The molecule has 1 aromatic heterocycles. The molecule has 1 aliphatic rings. The van der Waals surface area contributed by atoms with Gasteiger partial charge in [-0.25, -0.2) is 4.79 Å². The lowest BCUT2D eigenvalue weighted by atomic mass is 10.1. The SMILES string of the molecule is C[C@@H](NC(=O)N1CCC[C@@H]1C(=O)Nc1cccnc1)c1ccccc1. The van der Waals surface area contributed by atoms with Gasteiger partial charge in [-0.3, -0.25) is 9.78 Å². The quantitative estimate of drug-likeness (QED) is 0.900. The number of nitrogens with one attached hydrogen (secondary N) is 2. The maximum atomic E-state index is 12.6. The molecule has 3 amide bonds. The van der Waals surface area contributed by atoms with Crippen LogP contribution in [0.5, 0.6) is 0 Å². The van der Waals surface area contributed by atoms with E-state index in [1.807, 2.05) is 37.3 Å². The molecule has 0 unspecified atom stereocenters. The van der Waals surface area contributed by atoms with Crippen LogP contribution in [0, 0.1) is 0 Å². The predicted octanol–water partition coefficient (Wildman–Crippen LogP) is 2.96. The molecule has 2 heterocycles. The van der Waals surface area contributed by atoms with E-state index in [2.05, 4.69) is 15.6 Å². The van der Waals surface area contributed by atoms with Gasteiger partial charge in [-0.1, -0.05) is 30.3 Å². The fraction of sp³-hybridized carbons (Fsp3) is 0.316. The van der Waals surface area contributed by atoms with Gasteiger partial charge >= 0.3 is 6.03 Å². The Balaban J connectivity index is 1.62. The summed E-state index contributed by atoms with van der Waals surface area (Å²) in [5.41, 5.74) is 1.67. The van der Waals surface area contributed by atoms with Crippen molar-refractivity contribution in [3.63, 3.8) is 0 Å². The molecule has 0 radical (unpaired) electrons. The minimum Gasteiger partial charge on any atom is -0.331 e. The number of pyridine rings is 1. The first-order valence-electron chi connectivity index (χ1n) is 8.48. The van der Waals surface area contributed by atoms with Crippen molar-refractivity contribution >= 4 is 17.6 Å². The number of hydrogen-bond donors (Lipinski definition) is 2. The molecule has 1 aromatic carbocycles. The Bertz CT molecular complexity index is 721. The monoisotopic (exact) mass is 338 g/mol. The molecular weight excluding hydrogens is 316 g/mol. The van der Waals surface area contributed by atoms with Gasteiger partial charge in [-0.15, -0.1) is 0 Å². The predicted molar refractivity (Wildman–Crippen MR) is 96.0 cm³/mol. The Morgan fingerprint density at radius 2 is 2.00 bits per heavy atom. The van der Waals surface area contributed by atoms with Gasteiger partial charge in [-0.05, 0) is 37.5 Å². The molecule has 1 saturated heterocycles. The summed E-state index contributed by atoms with van der Waals surface area (Å²) in [4.78, 5) is 30.7. The molecule has 6 heteroatoms. The number of aromatic nitrogens is 1. The van der Waals surface area contributed by atoms with Gasteiger partial charge in [0.05, 0.1) is 17.9 Å². The third-order valence-electron chi connectivity index (χ3n) is 4.38. The van der Waals surface area contributed by atoms with Gasteiger partial charge in [0.1, 0.15) is 6.04 Å². The van der Waals surface area contributed by atoms with Crippen molar-refractivity contribution in [1.29, 1.82) is 0 Å². The molecule has 2 aromatic rings. The molecule has 2 N–H and O–H groups in total. The highest BCUT2D eigenvalue weighted by Gasteiger charge is 2.34. The van der Waals surface area contributed by atoms with Crippen molar-refractivity contribution in [2.45, 2.75) is 31.8 Å². The number of anilines is 1. The number of amides is 3. The van der Waals surface area contributed by atoms with E-state index in [0.29, 0.717) is 18.7 Å². The maximum absolute atomic E-state index is 12.6. The molecule has 3 rings (SSSR count). The van der Waals surface area contributed by atoms with Crippen molar-refractivity contribution in [1.82, 2.24) is 15.2 Å². The Kier molecular flexibility index (Phi) is 5.28. The van der Waals surface area contributed by atoms with E-state index >= 15 is 0 Å². The number of hydrogen-bond acceptors (Lipinski definition) is 3. The van der Waals surface area contributed by atoms with Gasteiger partial charge in [0.25, 0.3) is 0 Å². The highest BCUT2D eigenvalue weighted by Crippen LogP contribution is 2.20. The van der Waals surface area contributed by atoms with Gasteiger partial charge in [0.2, 0.25) is 5.91 Å². The first-order valence-corrected chi connectivity index (χ1v) is 8.48. The molecular formula is C19H22N4O2. The van der Waals surface area contributed by atoms with Crippen LogP contribution in [0.25, 0.3) is 0 Å². The van der Waals surface area contributed by atoms with Crippen LogP contribution in [0.4, 0.5) is 10.5 Å². The van der Waals surface area contributed by atoms with Crippen molar-refractivity contribution in [2.75, 3.05) is 11.9 Å². The lowest BCUT2D eigenvalue weighted by Crippen LogP contribution is -2.48. The van der Waals surface area contributed by atoms with Gasteiger partial charge < -0.3 is 15.5 Å². The second kappa shape index (κ2) is 7.79. The Hall–Kier alpha value is -2.89. The largest absolute Gasteiger partial charge is 0.331 e. The molecule has 1 fully saturated rings.